The summed E-state index contributed by atoms with van der Waals surface area (Å²) in [6.45, 7) is 1.84. The molecule has 0 aromatic rings. The minimum absolute atomic E-state index is 0.0305. The van der Waals surface area contributed by atoms with Crippen molar-refractivity contribution in [2.24, 2.45) is 22.6 Å². The summed E-state index contributed by atoms with van der Waals surface area (Å²) in [5, 5.41) is 28.6. The quantitative estimate of drug-likeness (QED) is 0.196. The summed E-state index contributed by atoms with van der Waals surface area (Å²) in [4.78, 5) is 29.6. The van der Waals surface area contributed by atoms with Gasteiger partial charge in [-0.3, -0.25) is 9.79 Å². The van der Waals surface area contributed by atoms with Crippen molar-refractivity contribution in [3.05, 3.63) is 10.6 Å². The second-order valence-corrected chi connectivity index (χ2v) is 6.64. The Labute approximate surface area is 138 Å². The highest BCUT2D eigenvalue weighted by Crippen LogP contribution is 2.51. The van der Waals surface area contributed by atoms with Crippen molar-refractivity contribution in [3.8, 4) is 0 Å². The maximum atomic E-state index is 12.2. The molecule has 128 valence electrons. The van der Waals surface area contributed by atoms with Gasteiger partial charge in [-0.15, -0.1) is 11.8 Å². The van der Waals surface area contributed by atoms with Gasteiger partial charge in [0, 0.05) is 23.2 Å². The molecule has 1 saturated heterocycles. The van der Waals surface area contributed by atoms with Gasteiger partial charge in [0.05, 0.1) is 30.9 Å². The Bertz CT molecular complexity index is 549. The topological polar surface area (TPSA) is 136 Å². The number of carboxylic acid groups (broad SMARTS) is 1. The van der Waals surface area contributed by atoms with E-state index in [2.05, 4.69) is 4.99 Å². The van der Waals surface area contributed by atoms with Gasteiger partial charge in [0.25, 0.3) is 0 Å². The van der Waals surface area contributed by atoms with Gasteiger partial charge < -0.3 is 26.0 Å². The van der Waals surface area contributed by atoms with Crippen molar-refractivity contribution < 1.29 is 24.9 Å². The number of aliphatic imine (C=N–C) groups is 1. The van der Waals surface area contributed by atoms with Crippen LogP contribution in [0.15, 0.2) is 15.6 Å². The summed E-state index contributed by atoms with van der Waals surface area (Å²) in [5.74, 6) is -1.93. The van der Waals surface area contributed by atoms with Crippen LogP contribution >= 0.6 is 11.8 Å². The highest BCUT2D eigenvalue weighted by Gasteiger charge is 2.60. The Hall–Kier alpha value is -1.58. The molecule has 2 heterocycles. The van der Waals surface area contributed by atoms with Gasteiger partial charge in [0.1, 0.15) is 5.70 Å². The number of nitrogens with two attached hydrogens (primary N) is 1. The number of aliphatic carboxylic acids is 1. The molecule has 2 rings (SSSR count). The lowest BCUT2D eigenvalue weighted by atomic mass is 9.77. The lowest BCUT2D eigenvalue weighted by Gasteiger charge is -2.46. The first-order chi connectivity index (χ1) is 11.0. The van der Waals surface area contributed by atoms with Gasteiger partial charge in [-0.1, -0.05) is 0 Å². The molecule has 23 heavy (non-hydrogen) atoms. The molecule has 0 aromatic carbocycles. The fourth-order valence-corrected chi connectivity index (χ4v) is 4.48. The van der Waals surface area contributed by atoms with E-state index in [1.165, 1.54) is 29.9 Å². The third-order valence-corrected chi connectivity index (χ3v) is 5.35. The molecular weight excluding hydrogens is 322 g/mol. The van der Waals surface area contributed by atoms with Crippen LogP contribution in [-0.4, -0.2) is 69.5 Å². The zero-order chi connectivity index (χ0) is 17.1. The lowest BCUT2D eigenvalue weighted by molar-refractivity contribution is -0.163. The molecule has 0 saturated carbocycles. The fourth-order valence-electron chi connectivity index (χ4n) is 3.27. The Morgan fingerprint density at radius 1 is 1.57 bits per heavy atom. The molecule has 2 aliphatic rings. The van der Waals surface area contributed by atoms with Crippen molar-refractivity contribution in [1.29, 1.82) is 0 Å². The van der Waals surface area contributed by atoms with Gasteiger partial charge in [-0.05, 0) is 13.3 Å². The monoisotopic (exact) mass is 343 g/mol. The van der Waals surface area contributed by atoms with E-state index in [0.717, 1.165) is 0 Å². The van der Waals surface area contributed by atoms with E-state index in [1.54, 1.807) is 0 Å². The summed E-state index contributed by atoms with van der Waals surface area (Å²) < 4.78 is 0. The number of nitrogens with zero attached hydrogens (tertiary/aromatic N) is 2. The van der Waals surface area contributed by atoms with Crippen LogP contribution in [0.5, 0.6) is 0 Å². The predicted octanol–water partition coefficient (Wildman–Crippen LogP) is -0.777. The largest absolute Gasteiger partial charge is 0.477 e. The summed E-state index contributed by atoms with van der Waals surface area (Å²) in [6, 6.07) is -0.402. The molecule has 0 bridgehead atoms. The van der Waals surface area contributed by atoms with E-state index >= 15 is 0 Å². The average molecular weight is 343 g/mol. The number of carboxylic acids is 1. The number of aliphatic hydroxyl groups excluding tert-OH is 2. The van der Waals surface area contributed by atoms with Gasteiger partial charge >= 0.3 is 5.97 Å². The molecule has 4 unspecified atom stereocenters. The summed E-state index contributed by atoms with van der Waals surface area (Å²) in [5.41, 5.74) is 5.15. The van der Waals surface area contributed by atoms with E-state index in [4.69, 9.17) is 5.73 Å². The van der Waals surface area contributed by atoms with Crippen LogP contribution in [0.4, 0.5) is 0 Å². The van der Waals surface area contributed by atoms with E-state index < -0.39 is 24.0 Å². The minimum atomic E-state index is -1.17. The van der Waals surface area contributed by atoms with Crippen LogP contribution in [0.3, 0.4) is 0 Å². The number of carbonyl (C=O) groups is 2. The normalized spacial score (nSPS) is 28.2. The SMILES string of the molecule is CC(O)C1C(=O)N2C(C(=O)O)=C(SCCN=CN)C(CCO)C12. The van der Waals surface area contributed by atoms with Crippen LogP contribution in [0.25, 0.3) is 0 Å². The third-order valence-electron chi connectivity index (χ3n) is 4.16. The summed E-state index contributed by atoms with van der Waals surface area (Å²) in [6.07, 6.45) is 0.676. The molecule has 0 radical (unpaired) electrons. The smallest absolute Gasteiger partial charge is 0.353 e. The average Bonchev–Trinajstić information content (AvgIpc) is 2.74. The fraction of sp³-hybridized carbons (Fsp3) is 0.643. The number of β-lactam (4-membered cyclic amide) rings is 1. The Morgan fingerprint density at radius 3 is 2.78 bits per heavy atom. The van der Waals surface area contributed by atoms with E-state index in [-0.39, 0.29) is 24.1 Å². The standard InChI is InChI=1S/C14H21N3O5S/c1-7(19)9-10-8(2-4-18)12(23-5-3-16-6-15)11(14(21)22)17(10)13(9)20/h6-10,18-19H,2-5H2,1H3,(H2,15,16)(H,21,22). The Balaban J connectivity index is 2.30. The number of fused-ring (bicyclic) bond motifs is 1. The molecule has 9 heteroatoms. The molecule has 1 amide bonds. The number of hydrogen-bond acceptors (Lipinski definition) is 6. The molecule has 0 spiro atoms. The number of aliphatic hydroxyl groups is 2. The first kappa shape index (κ1) is 17.8. The first-order valence-electron chi connectivity index (χ1n) is 7.38. The van der Waals surface area contributed by atoms with Crippen LogP contribution in [0.2, 0.25) is 0 Å². The number of rotatable bonds is 8. The van der Waals surface area contributed by atoms with Gasteiger partial charge in [-0.25, -0.2) is 4.79 Å². The zero-order valence-corrected chi connectivity index (χ0v) is 13.6. The maximum Gasteiger partial charge on any atom is 0.353 e. The van der Waals surface area contributed by atoms with Crippen molar-refractivity contribution in [2.45, 2.75) is 25.5 Å². The molecule has 0 aromatic heterocycles. The Kier molecular flexibility index (Phi) is 5.66. The predicted molar refractivity (Wildman–Crippen MR) is 85.7 cm³/mol. The van der Waals surface area contributed by atoms with E-state index in [9.17, 15) is 24.9 Å². The summed E-state index contributed by atoms with van der Waals surface area (Å²) in [7, 11) is 0. The lowest BCUT2D eigenvalue weighted by Crippen LogP contribution is -2.64. The molecule has 4 atom stereocenters. The number of amides is 1. The van der Waals surface area contributed by atoms with Gasteiger partial charge in [0.15, 0.2) is 0 Å². The zero-order valence-electron chi connectivity index (χ0n) is 12.8. The number of thioether (sulfide) groups is 1. The van der Waals surface area contributed by atoms with E-state index in [0.29, 0.717) is 23.6 Å². The summed E-state index contributed by atoms with van der Waals surface area (Å²) >= 11 is 1.31. The third kappa shape index (κ3) is 3.08. The molecule has 8 nitrogen and oxygen atoms in total. The van der Waals surface area contributed by atoms with Crippen LogP contribution in [0, 0.1) is 11.8 Å². The van der Waals surface area contributed by atoms with Crippen molar-refractivity contribution in [3.63, 3.8) is 0 Å². The molecule has 5 N–H and O–H groups in total. The van der Waals surface area contributed by atoms with Crippen molar-refractivity contribution in [1.82, 2.24) is 4.90 Å². The second-order valence-electron chi connectivity index (χ2n) is 5.51. The van der Waals surface area contributed by atoms with Gasteiger partial charge in [-0.2, -0.15) is 0 Å². The van der Waals surface area contributed by atoms with Crippen LogP contribution < -0.4 is 5.73 Å². The van der Waals surface area contributed by atoms with Gasteiger partial charge in [0.2, 0.25) is 5.91 Å². The number of carbonyl (C=O) groups excluding carboxylic acids is 1. The Morgan fingerprint density at radius 2 is 2.26 bits per heavy atom. The van der Waals surface area contributed by atoms with Crippen LogP contribution in [0.1, 0.15) is 13.3 Å². The minimum Gasteiger partial charge on any atom is -0.477 e. The van der Waals surface area contributed by atoms with Crippen LogP contribution in [-0.2, 0) is 9.59 Å². The maximum absolute atomic E-state index is 12.2. The van der Waals surface area contributed by atoms with Crippen molar-refractivity contribution >= 4 is 30.0 Å². The molecular formula is C14H21N3O5S. The molecule has 0 aliphatic carbocycles. The molecule has 2 aliphatic heterocycles. The highest BCUT2D eigenvalue weighted by atomic mass is 32.2. The number of hydrogen-bond donors (Lipinski definition) is 4. The second kappa shape index (κ2) is 7.33. The van der Waals surface area contributed by atoms with Crippen molar-refractivity contribution in [2.75, 3.05) is 18.9 Å². The highest BCUT2D eigenvalue weighted by molar-refractivity contribution is 8.03. The molecule has 1 fully saturated rings. The first-order valence-corrected chi connectivity index (χ1v) is 8.36. The van der Waals surface area contributed by atoms with E-state index in [1.807, 2.05) is 0 Å².